The van der Waals surface area contributed by atoms with Gasteiger partial charge in [0.25, 0.3) is 0 Å². The standard InChI is InChI=1S/C20H22FNO3/c1-24-17-8-9-19(25-2)15(12-17)6-10-20(23)22-11-3-4-14-5-7-16(21)13-18(14)22/h5,7-9,12-13H,3-4,6,10-11H2,1-2H3. The van der Waals surface area contributed by atoms with Crippen LogP contribution < -0.4 is 14.4 Å². The van der Waals surface area contributed by atoms with Gasteiger partial charge in [0.1, 0.15) is 17.3 Å². The van der Waals surface area contributed by atoms with E-state index < -0.39 is 0 Å². The van der Waals surface area contributed by atoms with Gasteiger partial charge in [-0.15, -0.1) is 0 Å². The predicted octanol–water partition coefficient (Wildman–Crippen LogP) is 3.75. The quantitative estimate of drug-likeness (QED) is 0.830. The van der Waals surface area contributed by atoms with Crippen molar-refractivity contribution in [2.24, 2.45) is 0 Å². The normalized spacial score (nSPS) is 13.3. The van der Waals surface area contributed by atoms with Gasteiger partial charge < -0.3 is 14.4 Å². The lowest BCUT2D eigenvalue weighted by atomic mass is 10.0. The fourth-order valence-corrected chi connectivity index (χ4v) is 3.26. The van der Waals surface area contributed by atoms with E-state index in [0.717, 1.165) is 35.5 Å². The highest BCUT2D eigenvalue weighted by atomic mass is 19.1. The second kappa shape index (κ2) is 7.55. The lowest BCUT2D eigenvalue weighted by molar-refractivity contribution is -0.118. The molecule has 0 aromatic heterocycles. The Labute approximate surface area is 147 Å². The van der Waals surface area contributed by atoms with Crippen molar-refractivity contribution in [2.45, 2.75) is 25.7 Å². The molecule has 4 nitrogen and oxygen atoms in total. The zero-order chi connectivity index (χ0) is 17.8. The van der Waals surface area contributed by atoms with Gasteiger partial charge in [-0.25, -0.2) is 4.39 Å². The van der Waals surface area contributed by atoms with Gasteiger partial charge in [0.15, 0.2) is 0 Å². The zero-order valence-corrected chi connectivity index (χ0v) is 14.5. The summed E-state index contributed by atoms with van der Waals surface area (Å²) in [5.74, 6) is 1.15. The van der Waals surface area contributed by atoms with Crippen LogP contribution in [-0.2, 0) is 17.6 Å². The number of anilines is 1. The average molecular weight is 343 g/mol. The second-order valence-corrected chi connectivity index (χ2v) is 6.10. The largest absolute Gasteiger partial charge is 0.497 e. The van der Waals surface area contributed by atoms with Crippen molar-refractivity contribution < 1.29 is 18.7 Å². The summed E-state index contributed by atoms with van der Waals surface area (Å²) in [5, 5.41) is 0. The smallest absolute Gasteiger partial charge is 0.227 e. The van der Waals surface area contributed by atoms with E-state index in [0.29, 0.717) is 25.1 Å². The van der Waals surface area contributed by atoms with Crippen molar-refractivity contribution in [3.63, 3.8) is 0 Å². The molecule has 0 spiro atoms. The fraction of sp³-hybridized carbons (Fsp3) is 0.350. The SMILES string of the molecule is COc1ccc(OC)c(CCC(=O)N2CCCc3ccc(F)cc32)c1. The number of rotatable bonds is 5. The number of halogens is 1. The molecule has 0 saturated heterocycles. The van der Waals surface area contributed by atoms with Crippen LogP contribution in [-0.4, -0.2) is 26.7 Å². The minimum Gasteiger partial charge on any atom is -0.497 e. The van der Waals surface area contributed by atoms with Crippen molar-refractivity contribution in [3.05, 3.63) is 53.3 Å². The van der Waals surface area contributed by atoms with Crippen molar-refractivity contribution in [1.29, 1.82) is 0 Å². The summed E-state index contributed by atoms with van der Waals surface area (Å²) in [7, 11) is 3.22. The maximum Gasteiger partial charge on any atom is 0.227 e. The number of fused-ring (bicyclic) bond motifs is 1. The number of ether oxygens (including phenoxy) is 2. The molecule has 1 aliphatic heterocycles. The molecule has 1 heterocycles. The number of benzene rings is 2. The molecule has 0 fully saturated rings. The highest BCUT2D eigenvalue weighted by Crippen LogP contribution is 2.30. The van der Waals surface area contributed by atoms with Crippen LogP contribution in [0.15, 0.2) is 36.4 Å². The van der Waals surface area contributed by atoms with Crippen LogP contribution in [0.25, 0.3) is 0 Å². The third-order valence-electron chi connectivity index (χ3n) is 4.56. The van der Waals surface area contributed by atoms with E-state index in [1.807, 2.05) is 18.2 Å². The highest BCUT2D eigenvalue weighted by Gasteiger charge is 2.23. The van der Waals surface area contributed by atoms with Gasteiger partial charge in [-0.2, -0.15) is 0 Å². The molecule has 0 atom stereocenters. The number of carbonyl (C=O) groups excluding carboxylic acids is 1. The Hall–Kier alpha value is -2.56. The van der Waals surface area contributed by atoms with Gasteiger partial charge in [0.05, 0.1) is 14.2 Å². The van der Waals surface area contributed by atoms with Crippen LogP contribution in [0.4, 0.5) is 10.1 Å². The number of amides is 1. The van der Waals surface area contributed by atoms with E-state index in [2.05, 4.69) is 0 Å². The van der Waals surface area contributed by atoms with E-state index >= 15 is 0 Å². The topological polar surface area (TPSA) is 38.8 Å². The summed E-state index contributed by atoms with van der Waals surface area (Å²) in [6.45, 7) is 0.629. The molecular weight excluding hydrogens is 321 g/mol. The molecule has 0 aliphatic carbocycles. The maximum atomic E-state index is 13.6. The molecule has 3 rings (SSSR count). The van der Waals surface area contributed by atoms with E-state index in [1.54, 1.807) is 25.2 Å². The van der Waals surface area contributed by atoms with Crippen LogP contribution >= 0.6 is 0 Å². The van der Waals surface area contributed by atoms with Crippen LogP contribution in [0.1, 0.15) is 24.0 Å². The first-order valence-electron chi connectivity index (χ1n) is 8.42. The Morgan fingerprint density at radius 1 is 1.16 bits per heavy atom. The third kappa shape index (κ3) is 3.76. The maximum absolute atomic E-state index is 13.6. The predicted molar refractivity (Wildman–Crippen MR) is 94.9 cm³/mol. The van der Waals surface area contributed by atoms with Crippen LogP contribution in [0.2, 0.25) is 0 Å². The Morgan fingerprint density at radius 3 is 2.76 bits per heavy atom. The first-order valence-corrected chi connectivity index (χ1v) is 8.42. The molecule has 0 bridgehead atoms. The second-order valence-electron chi connectivity index (χ2n) is 6.10. The average Bonchev–Trinajstić information content (AvgIpc) is 2.65. The summed E-state index contributed by atoms with van der Waals surface area (Å²) >= 11 is 0. The molecule has 2 aromatic rings. The van der Waals surface area contributed by atoms with Crippen LogP contribution in [0.3, 0.4) is 0 Å². The van der Waals surface area contributed by atoms with Gasteiger partial charge >= 0.3 is 0 Å². The van der Waals surface area contributed by atoms with E-state index in [-0.39, 0.29) is 11.7 Å². The Kier molecular flexibility index (Phi) is 5.22. The van der Waals surface area contributed by atoms with Gasteiger partial charge in [-0.3, -0.25) is 4.79 Å². The monoisotopic (exact) mass is 343 g/mol. The number of hydrogen-bond acceptors (Lipinski definition) is 3. The Balaban J connectivity index is 1.75. The molecule has 0 radical (unpaired) electrons. The summed E-state index contributed by atoms with van der Waals surface area (Å²) in [6.07, 6.45) is 2.65. The van der Waals surface area contributed by atoms with Crippen molar-refractivity contribution in [3.8, 4) is 11.5 Å². The number of nitrogens with zero attached hydrogens (tertiary/aromatic N) is 1. The lowest BCUT2D eigenvalue weighted by Crippen LogP contribution is -2.35. The van der Waals surface area contributed by atoms with Gasteiger partial charge in [0.2, 0.25) is 5.91 Å². The lowest BCUT2D eigenvalue weighted by Gasteiger charge is -2.29. The number of aryl methyl sites for hydroxylation is 2. The number of carbonyl (C=O) groups is 1. The summed E-state index contributed by atoms with van der Waals surface area (Å²) < 4.78 is 24.2. The third-order valence-corrected chi connectivity index (χ3v) is 4.56. The summed E-state index contributed by atoms with van der Waals surface area (Å²) in [5.41, 5.74) is 2.65. The van der Waals surface area contributed by atoms with E-state index in [1.165, 1.54) is 12.1 Å². The molecule has 0 unspecified atom stereocenters. The highest BCUT2D eigenvalue weighted by molar-refractivity contribution is 5.94. The molecule has 1 aliphatic rings. The summed E-state index contributed by atoms with van der Waals surface area (Å²) in [6, 6.07) is 10.2. The van der Waals surface area contributed by atoms with Crippen molar-refractivity contribution >= 4 is 11.6 Å². The fourth-order valence-electron chi connectivity index (χ4n) is 3.26. The Morgan fingerprint density at radius 2 is 2.00 bits per heavy atom. The molecule has 132 valence electrons. The van der Waals surface area contributed by atoms with E-state index in [9.17, 15) is 9.18 Å². The number of methoxy groups -OCH3 is 2. The molecule has 0 N–H and O–H groups in total. The van der Waals surface area contributed by atoms with Crippen LogP contribution in [0, 0.1) is 5.82 Å². The molecular formula is C20H22FNO3. The molecule has 25 heavy (non-hydrogen) atoms. The minimum atomic E-state index is -0.312. The van der Waals surface area contributed by atoms with Gasteiger partial charge in [-0.1, -0.05) is 6.07 Å². The first-order chi connectivity index (χ1) is 12.1. The van der Waals surface area contributed by atoms with Gasteiger partial charge in [0, 0.05) is 18.7 Å². The molecule has 1 amide bonds. The molecule has 2 aromatic carbocycles. The molecule has 0 saturated carbocycles. The van der Waals surface area contributed by atoms with Crippen molar-refractivity contribution in [1.82, 2.24) is 0 Å². The molecule has 5 heteroatoms. The summed E-state index contributed by atoms with van der Waals surface area (Å²) in [4.78, 5) is 14.4. The van der Waals surface area contributed by atoms with Crippen LogP contribution in [0.5, 0.6) is 11.5 Å². The number of hydrogen-bond donors (Lipinski definition) is 0. The Bertz CT molecular complexity index is 776. The zero-order valence-electron chi connectivity index (χ0n) is 14.5. The minimum absolute atomic E-state index is 0.00331. The van der Waals surface area contributed by atoms with Gasteiger partial charge in [-0.05, 0) is 60.7 Å². The van der Waals surface area contributed by atoms with Crippen molar-refractivity contribution in [2.75, 3.05) is 25.7 Å². The van der Waals surface area contributed by atoms with E-state index in [4.69, 9.17) is 9.47 Å². The first kappa shape index (κ1) is 17.3.